The highest BCUT2D eigenvalue weighted by molar-refractivity contribution is 7.88. The number of rotatable bonds is 18. The molecule has 2 N–H and O–H groups in total. The molecule has 0 saturated heterocycles. The maximum Gasteiger partial charge on any atom is 0.266 e. The summed E-state index contributed by atoms with van der Waals surface area (Å²) in [5.74, 6) is -1.71. The van der Waals surface area contributed by atoms with Crippen molar-refractivity contribution in [1.29, 1.82) is 0 Å². The zero-order chi connectivity index (χ0) is 24.7. The molecule has 0 aliphatic heterocycles. The molecule has 0 fully saturated rings. The minimum absolute atomic E-state index is 0.503. The maximum atomic E-state index is 13.1. The predicted octanol–water partition coefficient (Wildman–Crippen LogP) is 4.55. The molecule has 7 nitrogen and oxygen atoms in total. The summed E-state index contributed by atoms with van der Waals surface area (Å²) in [4.78, 5) is 25.7. The summed E-state index contributed by atoms with van der Waals surface area (Å²) in [5.41, 5.74) is 0. The molecule has 0 aromatic heterocycles. The number of nitrogens with zero attached hydrogens (tertiary/aromatic N) is 2. The van der Waals surface area contributed by atoms with E-state index in [4.69, 9.17) is 0 Å². The fourth-order valence-electron chi connectivity index (χ4n) is 3.22. The van der Waals surface area contributed by atoms with Crippen LogP contribution in [0.4, 0.5) is 0 Å². The molecule has 0 bridgehead atoms. The van der Waals surface area contributed by atoms with Crippen LogP contribution in [0.5, 0.6) is 0 Å². The van der Waals surface area contributed by atoms with E-state index in [0.717, 1.165) is 50.7 Å². The van der Waals surface area contributed by atoms with Gasteiger partial charge in [-0.05, 0) is 12.8 Å². The first-order chi connectivity index (χ1) is 15.2. The van der Waals surface area contributed by atoms with Crippen LogP contribution in [0.1, 0.15) is 65.2 Å². The van der Waals surface area contributed by atoms with E-state index >= 15 is 0 Å². The van der Waals surface area contributed by atoms with Gasteiger partial charge in [0.25, 0.3) is 11.8 Å². The van der Waals surface area contributed by atoms with Gasteiger partial charge in [-0.25, -0.2) is 10.1 Å². The van der Waals surface area contributed by atoms with Crippen molar-refractivity contribution < 1.29 is 24.2 Å². The van der Waals surface area contributed by atoms with E-state index in [1.807, 2.05) is 13.8 Å². The van der Waals surface area contributed by atoms with Gasteiger partial charge in [0.05, 0.1) is 22.9 Å². The van der Waals surface area contributed by atoms with Crippen LogP contribution in [0, 0.1) is 0 Å². The van der Waals surface area contributed by atoms with Crippen LogP contribution in [-0.4, -0.2) is 59.1 Å². The fourth-order valence-corrected chi connectivity index (χ4v) is 4.53. The van der Waals surface area contributed by atoms with Crippen LogP contribution in [0.25, 0.3) is 0 Å². The summed E-state index contributed by atoms with van der Waals surface area (Å²) >= 11 is 0. The second-order valence-corrected chi connectivity index (χ2v) is 9.28. The second kappa shape index (κ2) is 16.6. The van der Waals surface area contributed by atoms with Crippen molar-refractivity contribution in [2.24, 2.45) is 0 Å². The highest BCUT2D eigenvalue weighted by atomic mass is 32.2. The lowest BCUT2D eigenvalue weighted by atomic mass is 10.1. The number of unbranched alkanes of at least 4 members (excludes halogenated alkanes) is 4. The molecule has 2 unspecified atom stereocenters. The van der Waals surface area contributed by atoms with Crippen molar-refractivity contribution >= 4 is 22.6 Å². The van der Waals surface area contributed by atoms with Gasteiger partial charge in [0.15, 0.2) is 0 Å². The number of carbonyl (C=O) groups is 2. The molecule has 4 atom stereocenters. The third kappa shape index (κ3) is 8.84. The van der Waals surface area contributed by atoms with Crippen molar-refractivity contribution in [2.45, 2.75) is 87.8 Å². The number of hydrogen-bond donors (Lipinski definition) is 2. The Labute approximate surface area is 195 Å². The minimum Gasteiger partial charge on any atom is -0.285 e. The predicted molar refractivity (Wildman–Crippen MR) is 130 cm³/mol. The van der Waals surface area contributed by atoms with Crippen LogP contribution in [-0.2, 0) is 20.4 Å². The van der Waals surface area contributed by atoms with Gasteiger partial charge in [-0.3, -0.25) is 24.2 Å². The second-order valence-electron chi connectivity index (χ2n) is 7.60. The van der Waals surface area contributed by atoms with Gasteiger partial charge in [-0.2, -0.15) is 0 Å². The van der Waals surface area contributed by atoms with Gasteiger partial charge in [0, 0.05) is 0 Å². The summed E-state index contributed by atoms with van der Waals surface area (Å²) < 4.78 is 13.1. The van der Waals surface area contributed by atoms with E-state index in [9.17, 15) is 24.2 Å². The molecule has 32 heavy (non-hydrogen) atoms. The Hall–Kier alpha value is -2.03. The summed E-state index contributed by atoms with van der Waals surface area (Å²) in [7, 11) is -2.16. The maximum absolute atomic E-state index is 13.1. The lowest BCUT2D eigenvalue weighted by Crippen LogP contribution is -2.49. The molecule has 0 aromatic carbocycles. The monoisotopic (exact) mass is 468 g/mol. The molecule has 0 aliphatic rings. The Morgan fingerprint density at radius 2 is 1.09 bits per heavy atom. The lowest BCUT2D eigenvalue weighted by molar-refractivity contribution is -0.171. The molecule has 0 radical (unpaired) electrons. The highest BCUT2D eigenvalue weighted by Crippen LogP contribution is 2.18. The van der Waals surface area contributed by atoms with Gasteiger partial charge >= 0.3 is 0 Å². The van der Waals surface area contributed by atoms with E-state index in [-0.39, 0.29) is 0 Å². The largest absolute Gasteiger partial charge is 0.285 e. The van der Waals surface area contributed by atoms with Crippen molar-refractivity contribution in [3.8, 4) is 0 Å². The molecular weight excluding hydrogens is 428 g/mol. The summed E-state index contributed by atoms with van der Waals surface area (Å²) in [6.07, 6.45) is 11.6. The Morgan fingerprint density at radius 3 is 1.34 bits per heavy atom. The average molecular weight is 469 g/mol. The van der Waals surface area contributed by atoms with Crippen LogP contribution < -0.4 is 0 Å². The Balaban J connectivity index is 5.48. The van der Waals surface area contributed by atoms with E-state index in [1.165, 1.54) is 12.2 Å². The average Bonchev–Trinajstić information content (AvgIpc) is 2.79. The molecule has 0 rings (SSSR count). The number of hydrogen-bond acceptors (Lipinski definition) is 5. The van der Waals surface area contributed by atoms with Crippen LogP contribution in [0.3, 0.4) is 0 Å². The van der Waals surface area contributed by atoms with Crippen molar-refractivity contribution in [3.05, 3.63) is 50.6 Å². The molecule has 0 aromatic rings. The SMILES string of the molecule is C=CC(C(=O)N(O)[C@H](C=C)CCCCC)S(=O)C(C=C)C(=O)N(O)[C@H](C=C)CCCCC. The molecular formula is C24H40N2O5S. The summed E-state index contributed by atoms with van der Waals surface area (Å²) in [5, 5.41) is 19.1. The van der Waals surface area contributed by atoms with E-state index < -0.39 is 45.2 Å². The van der Waals surface area contributed by atoms with Gasteiger partial charge in [-0.1, -0.05) is 76.7 Å². The standard InChI is InChI=1S/C24H40N2O5S/c1-7-13-15-17-19(9-3)25(29)23(27)21(11-5)32(31)22(12-6)24(28)26(30)20(10-4)18-16-14-8-2/h9-12,19-22,29-30H,3-8,13-18H2,1-2H3/t19-,20-,21?,22?,32?/m1/s1. The first kappa shape index (κ1) is 30.0. The fraction of sp³-hybridized carbons (Fsp3) is 0.583. The molecule has 0 saturated carbocycles. The third-order valence-electron chi connectivity index (χ3n) is 5.25. The molecule has 0 spiro atoms. The Morgan fingerprint density at radius 1 is 0.750 bits per heavy atom. The minimum atomic E-state index is -2.16. The number of carbonyl (C=O) groups excluding carboxylic acids is 2. The van der Waals surface area contributed by atoms with Gasteiger partial charge in [0.1, 0.15) is 10.5 Å². The van der Waals surface area contributed by atoms with Crippen LogP contribution >= 0.6 is 0 Å². The summed E-state index contributed by atoms with van der Waals surface area (Å²) in [6.45, 7) is 18.5. The highest BCUT2D eigenvalue weighted by Gasteiger charge is 2.37. The van der Waals surface area contributed by atoms with Crippen LogP contribution in [0.15, 0.2) is 50.6 Å². The smallest absolute Gasteiger partial charge is 0.266 e. The number of amides is 2. The van der Waals surface area contributed by atoms with E-state index in [1.54, 1.807) is 0 Å². The molecule has 2 amide bonds. The van der Waals surface area contributed by atoms with Gasteiger partial charge in [-0.15, -0.1) is 26.3 Å². The number of hydroxylamine groups is 4. The van der Waals surface area contributed by atoms with Crippen molar-refractivity contribution in [2.75, 3.05) is 0 Å². The van der Waals surface area contributed by atoms with Gasteiger partial charge < -0.3 is 0 Å². The zero-order valence-corrected chi connectivity index (χ0v) is 20.3. The molecule has 0 heterocycles. The van der Waals surface area contributed by atoms with Gasteiger partial charge in [0.2, 0.25) is 0 Å². The molecule has 182 valence electrons. The quantitative estimate of drug-likeness (QED) is 0.133. The Bertz CT molecular complexity index is 613. The third-order valence-corrected chi connectivity index (χ3v) is 7.04. The Kier molecular flexibility index (Phi) is 15.5. The topological polar surface area (TPSA) is 98.2 Å². The van der Waals surface area contributed by atoms with E-state index in [2.05, 4.69) is 26.3 Å². The first-order valence-electron chi connectivity index (χ1n) is 11.2. The molecule has 8 heteroatoms. The lowest BCUT2D eigenvalue weighted by Gasteiger charge is -2.29. The zero-order valence-electron chi connectivity index (χ0n) is 19.5. The normalized spacial score (nSPS) is 15.5. The van der Waals surface area contributed by atoms with E-state index in [0.29, 0.717) is 23.0 Å². The van der Waals surface area contributed by atoms with Crippen molar-refractivity contribution in [3.63, 3.8) is 0 Å². The molecule has 0 aliphatic carbocycles. The van der Waals surface area contributed by atoms with Crippen molar-refractivity contribution in [1.82, 2.24) is 10.1 Å². The summed E-state index contributed by atoms with van der Waals surface area (Å²) in [6, 6.07) is -1.30. The first-order valence-corrected chi connectivity index (χ1v) is 12.5. The van der Waals surface area contributed by atoms with Crippen LogP contribution in [0.2, 0.25) is 0 Å².